The molecule has 0 heterocycles. The van der Waals surface area contributed by atoms with Crippen LogP contribution in [-0.2, 0) is 11.2 Å². The molecule has 0 bridgehead atoms. The quantitative estimate of drug-likeness (QED) is 0.768. The molecule has 1 atom stereocenters. The largest absolute Gasteiger partial charge is 0.356 e. The number of benzene rings is 1. The monoisotopic (exact) mass is 280 g/mol. The van der Waals surface area contributed by atoms with Crippen LogP contribution in [0.1, 0.15) is 32.8 Å². The topological polar surface area (TPSA) is 41.1 Å². The van der Waals surface area contributed by atoms with Gasteiger partial charge in [-0.3, -0.25) is 4.79 Å². The van der Waals surface area contributed by atoms with E-state index >= 15 is 0 Å². The summed E-state index contributed by atoms with van der Waals surface area (Å²) in [5.41, 5.74) is 0.967. The summed E-state index contributed by atoms with van der Waals surface area (Å²) >= 11 is 0. The summed E-state index contributed by atoms with van der Waals surface area (Å²) in [6, 6.07) is 6.84. The third kappa shape index (κ3) is 7.24. The Morgan fingerprint density at radius 1 is 1.30 bits per heavy atom. The fourth-order valence-electron chi connectivity index (χ4n) is 1.93. The minimum atomic E-state index is -0.206. The van der Waals surface area contributed by atoms with E-state index in [0.29, 0.717) is 18.9 Å². The average Bonchev–Trinajstić information content (AvgIpc) is 2.36. The maximum atomic E-state index is 13.1. The molecule has 20 heavy (non-hydrogen) atoms. The zero-order valence-electron chi connectivity index (χ0n) is 12.6. The van der Waals surface area contributed by atoms with E-state index in [2.05, 4.69) is 24.5 Å². The normalized spacial score (nSPS) is 12.4. The Bertz CT molecular complexity index is 421. The molecule has 0 radical (unpaired) electrons. The van der Waals surface area contributed by atoms with E-state index in [1.54, 1.807) is 12.1 Å². The van der Waals surface area contributed by atoms with Crippen LogP contribution in [0.3, 0.4) is 0 Å². The van der Waals surface area contributed by atoms with Gasteiger partial charge in [0.05, 0.1) is 0 Å². The van der Waals surface area contributed by atoms with Gasteiger partial charge in [0, 0.05) is 25.6 Å². The van der Waals surface area contributed by atoms with E-state index in [1.165, 1.54) is 6.07 Å². The highest BCUT2D eigenvalue weighted by atomic mass is 19.1. The first-order valence-corrected chi connectivity index (χ1v) is 7.22. The number of hydrogen-bond donors (Lipinski definition) is 2. The maximum absolute atomic E-state index is 13.1. The fraction of sp³-hybridized carbons (Fsp3) is 0.562. The van der Waals surface area contributed by atoms with Crippen molar-refractivity contribution in [3.63, 3.8) is 0 Å². The maximum Gasteiger partial charge on any atom is 0.221 e. The molecule has 4 heteroatoms. The highest BCUT2D eigenvalue weighted by Gasteiger charge is 2.06. The summed E-state index contributed by atoms with van der Waals surface area (Å²) < 4.78 is 13.1. The van der Waals surface area contributed by atoms with Crippen molar-refractivity contribution in [2.24, 2.45) is 5.92 Å². The van der Waals surface area contributed by atoms with Crippen molar-refractivity contribution < 1.29 is 9.18 Å². The van der Waals surface area contributed by atoms with Crippen LogP contribution in [0.4, 0.5) is 4.39 Å². The SMILES string of the molecule is CC(C)CNC(=O)CCNC(C)Cc1cccc(F)c1. The lowest BCUT2D eigenvalue weighted by atomic mass is 10.1. The second-order valence-electron chi connectivity index (χ2n) is 5.64. The number of amides is 1. The van der Waals surface area contributed by atoms with Crippen LogP contribution < -0.4 is 10.6 Å². The molecule has 1 aromatic carbocycles. The number of carbonyl (C=O) groups excluding carboxylic acids is 1. The lowest BCUT2D eigenvalue weighted by Crippen LogP contribution is -2.34. The zero-order valence-corrected chi connectivity index (χ0v) is 12.6. The number of carbonyl (C=O) groups is 1. The average molecular weight is 280 g/mol. The van der Waals surface area contributed by atoms with Gasteiger partial charge in [0.1, 0.15) is 5.82 Å². The molecular formula is C16H25FN2O. The predicted octanol–water partition coefficient (Wildman–Crippen LogP) is 2.51. The molecule has 1 unspecified atom stereocenters. The summed E-state index contributed by atoms with van der Waals surface area (Å²) in [6.07, 6.45) is 1.23. The van der Waals surface area contributed by atoms with E-state index in [4.69, 9.17) is 0 Å². The number of nitrogens with one attached hydrogen (secondary N) is 2. The van der Waals surface area contributed by atoms with Crippen molar-refractivity contribution in [2.75, 3.05) is 13.1 Å². The highest BCUT2D eigenvalue weighted by molar-refractivity contribution is 5.76. The predicted molar refractivity (Wildman–Crippen MR) is 80.0 cm³/mol. The van der Waals surface area contributed by atoms with Crippen molar-refractivity contribution in [3.8, 4) is 0 Å². The Morgan fingerprint density at radius 3 is 2.70 bits per heavy atom. The molecule has 112 valence electrons. The standard InChI is InChI=1S/C16H25FN2O/c1-12(2)11-19-16(20)7-8-18-13(3)9-14-5-4-6-15(17)10-14/h4-6,10,12-13,18H,7-9,11H2,1-3H3,(H,19,20). The lowest BCUT2D eigenvalue weighted by Gasteiger charge is -2.14. The zero-order chi connectivity index (χ0) is 15.0. The molecule has 1 aromatic rings. The van der Waals surface area contributed by atoms with Gasteiger partial charge in [-0.15, -0.1) is 0 Å². The molecule has 0 saturated heterocycles. The Kier molecular flexibility index (Phi) is 7.23. The summed E-state index contributed by atoms with van der Waals surface area (Å²) in [6.45, 7) is 7.54. The minimum absolute atomic E-state index is 0.0733. The van der Waals surface area contributed by atoms with E-state index in [1.807, 2.05) is 13.0 Å². The van der Waals surface area contributed by atoms with Crippen LogP contribution >= 0.6 is 0 Å². The third-order valence-corrected chi connectivity index (χ3v) is 2.98. The Balaban J connectivity index is 2.20. The van der Waals surface area contributed by atoms with Crippen LogP contribution in [-0.4, -0.2) is 25.0 Å². The molecule has 0 saturated carbocycles. The van der Waals surface area contributed by atoms with Crippen molar-refractivity contribution in [2.45, 2.75) is 39.7 Å². The summed E-state index contributed by atoms with van der Waals surface area (Å²) in [5, 5.41) is 6.17. The van der Waals surface area contributed by atoms with Crippen LogP contribution in [0, 0.1) is 11.7 Å². The van der Waals surface area contributed by atoms with E-state index in [9.17, 15) is 9.18 Å². The second-order valence-corrected chi connectivity index (χ2v) is 5.64. The molecule has 0 aliphatic heterocycles. The minimum Gasteiger partial charge on any atom is -0.356 e. The van der Waals surface area contributed by atoms with Crippen molar-refractivity contribution in [3.05, 3.63) is 35.6 Å². The molecule has 0 aliphatic carbocycles. The first-order valence-electron chi connectivity index (χ1n) is 7.22. The van der Waals surface area contributed by atoms with Gasteiger partial charge in [-0.1, -0.05) is 26.0 Å². The van der Waals surface area contributed by atoms with Gasteiger partial charge in [-0.2, -0.15) is 0 Å². The molecule has 0 aliphatic rings. The number of halogens is 1. The second kappa shape index (κ2) is 8.69. The van der Waals surface area contributed by atoms with Crippen LogP contribution in [0.5, 0.6) is 0 Å². The van der Waals surface area contributed by atoms with E-state index < -0.39 is 0 Å². The number of rotatable bonds is 8. The summed E-state index contributed by atoms with van der Waals surface area (Å²) in [4.78, 5) is 11.5. The molecule has 0 aromatic heterocycles. The lowest BCUT2D eigenvalue weighted by molar-refractivity contribution is -0.121. The van der Waals surface area contributed by atoms with Gasteiger partial charge >= 0.3 is 0 Å². The van der Waals surface area contributed by atoms with Crippen molar-refractivity contribution >= 4 is 5.91 Å². The molecule has 1 amide bonds. The van der Waals surface area contributed by atoms with Gasteiger partial charge in [0.25, 0.3) is 0 Å². The van der Waals surface area contributed by atoms with Gasteiger partial charge < -0.3 is 10.6 Å². The van der Waals surface area contributed by atoms with Gasteiger partial charge in [0.2, 0.25) is 5.91 Å². The molecule has 3 nitrogen and oxygen atoms in total. The van der Waals surface area contributed by atoms with E-state index in [-0.39, 0.29) is 17.8 Å². The molecule has 2 N–H and O–H groups in total. The smallest absolute Gasteiger partial charge is 0.221 e. The van der Waals surface area contributed by atoms with Crippen molar-refractivity contribution in [1.82, 2.24) is 10.6 Å². The van der Waals surface area contributed by atoms with Crippen LogP contribution in [0.15, 0.2) is 24.3 Å². The summed E-state index contributed by atoms with van der Waals surface area (Å²) in [5.74, 6) is 0.339. The Morgan fingerprint density at radius 2 is 2.05 bits per heavy atom. The Labute approximate surface area is 121 Å². The molecule has 0 spiro atoms. The third-order valence-electron chi connectivity index (χ3n) is 2.98. The van der Waals surface area contributed by atoms with Crippen LogP contribution in [0.25, 0.3) is 0 Å². The first-order chi connectivity index (χ1) is 9.47. The van der Waals surface area contributed by atoms with Gasteiger partial charge in [0.15, 0.2) is 0 Å². The summed E-state index contributed by atoms with van der Waals surface area (Å²) in [7, 11) is 0. The number of hydrogen-bond acceptors (Lipinski definition) is 2. The molecule has 0 fully saturated rings. The first kappa shape index (κ1) is 16.6. The molecular weight excluding hydrogens is 255 g/mol. The van der Waals surface area contributed by atoms with Crippen LogP contribution in [0.2, 0.25) is 0 Å². The van der Waals surface area contributed by atoms with Gasteiger partial charge in [-0.05, 0) is 37.0 Å². The fourth-order valence-corrected chi connectivity index (χ4v) is 1.93. The van der Waals surface area contributed by atoms with Crippen molar-refractivity contribution in [1.29, 1.82) is 0 Å². The van der Waals surface area contributed by atoms with E-state index in [0.717, 1.165) is 18.5 Å². The molecule has 1 rings (SSSR count). The highest BCUT2D eigenvalue weighted by Crippen LogP contribution is 2.06. The Hall–Kier alpha value is -1.42. The van der Waals surface area contributed by atoms with Gasteiger partial charge in [-0.25, -0.2) is 4.39 Å².